The quantitative estimate of drug-likeness (QED) is 0.826. The summed E-state index contributed by atoms with van der Waals surface area (Å²) >= 11 is 0. The van der Waals surface area contributed by atoms with Gasteiger partial charge in [0.15, 0.2) is 11.6 Å². The Morgan fingerprint density at radius 3 is 3.00 bits per heavy atom. The summed E-state index contributed by atoms with van der Waals surface area (Å²) in [4.78, 5) is 10.3. The average Bonchev–Trinajstić information content (AvgIpc) is 2.65. The molecule has 1 N–H and O–H groups in total. The number of halogens is 1. The van der Waals surface area contributed by atoms with Crippen molar-refractivity contribution in [2.75, 3.05) is 6.79 Å². The zero-order valence-electron chi connectivity index (χ0n) is 7.83. The lowest BCUT2D eigenvalue weighted by molar-refractivity contribution is -0.136. The second-order valence-electron chi connectivity index (χ2n) is 3.17. The van der Waals surface area contributed by atoms with Crippen molar-refractivity contribution in [3.8, 4) is 11.5 Å². The van der Waals surface area contributed by atoms with Gasteiger partial charge in [0, 0.05) is 6.42 Å². The van der Waals surface area contributed by atoms with Crippen molar-refractivity contribution in [2.45, 2.75) is 12.8 Å². The number of rotatable bonds is 3. The van der Waals surface area contributed by atoms with Crippen LogP contribution in [0.5, 0.6) is 11.5 Å². The molecule has 1 aliphatic heterocycles. The molecule has 0 saturated heterocycles. The van der Waals surface area contributed by atoms with Crippen molar-refractivity contribution in [2.24, 2.45) is 0 Å². The molecule has 0 fully saturated rings. The minimum atomic E-state index is -0.952. The van der Waals surface area contributed by atoms with Crippen molar-refractivity contribution in [1.82, 2.24) is 0 Å². The summed E-state index contributed by atoms with van der Waals surface area (Å²) in [5.74, 6) is -1.03. The molecule has 1 heterocycles. The highest BCUT2D eigenvalue weighted by atomic mass is 19.1. The molecule has 1 aromatic carbocycles. The summed E-state index contributed by atoms with van der Waals surface area (Å²) < 4.78 is 23.5. The lowest BCUT2D eigenvalue weighted by Gasteiger charge is -2.03. The Kier molecular flexibility index (Phi) is 2.45. The van der Waals surface area contributed by atoms with Gasteiger partial charge < -0.3 is 14.6 Å². The van der Waals surface area contributed by atoms with E-state index in [2.05, 4.69) is 0 Å². The molecular formula is C10H9FO4. The van der Waals surface area contributed by atoms with E-state index in [1.807, 2.05) is 0 Å². The molecule has 0 amide bonds. The second-order valence-corrected chi connectivity index (χ2v) is 3.17. The highest BCUT2D eigenvalue weighted by Gasteiger charge is 2.20. The van der Waals surface area contributed by atoms with E-state index in [4.69, 9.17) is 14.6 Å². The molecule has 5 heteroatoms. The van der Waals surface area contributed by atoms with Crippen LogP contribution in [0.2, 0.25) is 0 Å². The topological polar surface area (TPSA) is 55.8 Å². The first-order valence-corrected chi connectivity index (χ1v) is 4.47. The van der Waals surface area contributed by atoms with Crippen molar-refractivity contribution < 1.29 is 23.8 Å². The number of aliphatic carboxylic acids is 1. The van der Waals surface area contributed by atoms with Gasteiger partial charge in [0.05, 0.1) is 0 Å². The van der Waals surface area contributed by atoms with Gasteiger partial charge in [0.1, 0.15) is 0 Å². The zero-order valence-corrected chi connectivity index (χ0v) is 7.83. The van der Waals surface area contributed by atoms with Crippen LogP contribution in [-0.2, 0) is 11.2 Å². The number of fused-ring (bicyclic) bond motifs is 1. The van der Waals surface area contributed by atoms with Gasteiger partial charge in [-0.1, -0.05) is 6.07 Å². The van der Waals surface area contributed by atoms with Crippen molar-refractivity contribution in [3.63, 3.8) is 0 Å². The van der Waals surface area contributed by atoms with E-state index in [1.165, 1.54) is 6.07 Å². The minimum absolute atomic E-state index is 0.00857. The van der Waals surface area contributed by atoms with E-state index in [9.17, 15) is 9.18 Å². The fourth-order valence-corrected chi connectivity index (χ4v) is 1.41. The van der Waals surface area contributed by atoms with Gasteiger partial charge in [-0.2, -0.15) is 0 Å². The summed E-state index contributed by atoms with van der Waals surface area (Å²) in [6.07, 6.45) is 0.0500. The molecule has 0 saturated carbocycles. The van der Waals surface area contributed by atoms with Gasteiger partial charge in [0.25, 0.3) is 0 Å². The molecule has 2 rings (SSSR count). The number of carbonyl (C=O) groups is 1. The molecule has 1 aromatic rings. The van der Waals surface area contributed by atoms with Crippen LogP contribution < -0.4 is 9.47 Å². The number of carboxylic acids is 1. The monoisotopic (exact) mass is 212 g/mol. The van der Waals surface area contributed by atoms with E-state index in [1.54, 1.807) is 6.07 Å². The zero-order chi connectivity index (χ0) is 10.8. The van der Waals surface area contributed by atoms with E-state index >= 15 is 0 Å². The lowest BCUT2D eigenvalue weighted by atomic mass is 10.1. The van der Waals surface area contributed by atoms with Crippen molar-refractivity contribution in [3.05, 3.63) is 23.5 Å². The van der Waals surface area contributed by atoms with Crippen LogP contribution in [-0.4, -0.2) is 17.9 Å². The fraction of sp³-hybridized carbons (Fsp3) is 0.300. The molecule has 0 bridgehead atoms. The smallest absolute Gasteiger partial charge is 0.303 e. The van der Waals surface area contributed by atoms with E-state index in [0.29, 0.717) is 11.3 Å². The third-order valence-electron chi connectivity index (χ3n) is 2.17. The Balaban J connectivity index is 2.22. The number of hydrogen-bond donors (Lipinski definition) is 1. The van der Waals surface area contributed by atoms with Crippen molar-refractivity contribution in [1.29, 1.82) is 0 Å². The van der Waals surface area contributed by atoms with Gasteiger partial charge in [-0.05, 0) is 18.1 Å². The molecule has 1 aliphatic rings. The Labute approximate surface area is 85.2 Å². The second kappa shape index (κ2) is 3.76. The van der Waals surface area contributed by atoms with Gasteiger partial charge >= 0.3 is 5.97 Å². The maximum absolute atomic E-state index is 13.6. The van der Waals surface area contributed by atoms with E-state index < -0.39 is 11.8 Å². The van der Waals surface area contributed by atoms with Crippen LogP contribution in [0.4, 0.5) is 4.39 Å². The molecule has 0 aliphatic carbocycles. The number of benzene rings is 1. The largest absolute Gasteiger partial charge is 0.481 e. The molecule has 0 radical (unpaired) electrons. The van der Waals surface area contributed by atoms with Crippen molar-refractivity contribution >= 4 is 5.97 Å². The van der Waals surface area contributed by atoms with Crippen LogP contribution in [0.25, 0.3) is 0 Å². The van der Waals surface area contributed by atoms with Gasteiger partial charge in [0.2, 0.25) is 12.5 Å². The fourth-order valence-electron chi connectivity index (χ4n) is 1.41. The summed E-state index contributed by atoms with van der Waals surface area (Å²) in [6.45, 7) is 0.00857. The molecule has 15 heavy (non-hydrogen) atoms. The summed E-state index contributed by atoms with van der Waals surface area (Å²) in [6, 6.07) is 3.11. The molecule has 0 spiro atoms. The van der Waals surface area contributed by atoms with Crippen LogP contribution in [0.15, 0.2) is 12.1 Å². The minimum Gasteiger partial charge on any atom is -0.481 e. The standard InChI is InChI=1S/C10H9FO4/c11-9-6(2-4-8(12)13)1-3-7-10(9)15-5-14-7/h1,3H,2,4-5H2,(H,12,13). The molecule has 0 unspecified atom stereocenters. The van der Waals surface area contributed by atoms with Crippen LogP contribution in [0, 0.1) is 5.82 Å². The summed E-state index contributed by atoms with van der Waals surface area (Å²) in [7, 11) is 0. The first kappa shape index (κ1) is 9.76. The third kappa shape index (κ3) is 1.86. The van der Waals surface area contributed by atoms with Crippen LogP contribution in [0.3, 0.4) is 0 Å². The third-order valence-corrected chi connectivity index (χ3v) is 2.17. The predicted molar refractivity (Wildman–Crippen MR) is 48.5 cm³/mol. The number of carboxylic acid groups (broad SMARTS) is 1. The Morgan fingerprint density at radius 1 is 1.47 bits per heavy atom. The van der Waals surface area contributed by atoms with Crippen LogP contribution in [0.1, 0.15) is 12.0 Å². The number of hydrogen-bond acceptors (Lipinski definition) is 3. The predicted octanol–water partition coefficient (Wildman–Crippen LogP) is 1.57. The first-order chi connectivity index (χ1) is 7.18. The Morgan fingerprint density at radius 2 is 2.27 bits per heavy atom. The van der Waals surface area contributed by atoms with E-state index in [-0.39, 0.29) is 25.4 Å². The average molecular weight is 212 g/mol. The van der Waals surface area contributed by atoms with Crippen LogP contribution >= 0.6 is 0 Å². The van der Waals surface area contributed by atoms with E-state index in [0.717, 1.165) is 0 Å². The first-order valence-electron chi connectivity index (χ1n) is 4.47. The summed E-state index contributed by atoms with van der Waals surface area (Å²) in [5.41, 5.74) is 0.335. The van der Waals surface area contributed by atoms with Gasteiger partial charge in [-0.15, -0.1) is 0 Å². The van der Waals surface area contributed by atoms with Gasteiger partial charge in [-0.25, -0.2) is 4.39 Å². The molecule has 0 atom stereocenters. The maximum Gasteiger partial charge on any atom is 0.303 e. The van der Waals surface area contributed by atoms with Gasteiger partial charge in [-0.3, -0.25) is 4.79 Å². The maximum atomic E-state index is 13.6. The highest BCUT2D eigenvalue weighted by Crippen LogP contribution is 2.36. The Hall–Kier alpha value is -1.78. The molecule has 80 valence electrons. The normalized spacial score (nSPS) is 12.9. The number of ether oxygens (including phenoxy) is 2. The summed E-state index contributed by atoms with van der Waals surface area (Å²) in [5, 5.41) is 8.48. The highest BCUT2D eigenvalue weighted by molar-refractivity contribution is 5.67. The SMILES string of the molecule is O=C(O)CCc1ccc2c(c1F)OCO2. The lowest BCUT2D eigenvalue weighted by Crippen LogP contribution is -2.00. The number of aryl methyl sites for hydroxylation is 1. The molecule has 0 aromatic heterocycles. The molecular weight excluding hydrogens is 203 g/mol. The molecule has 4 nitrogen and oxygen atoms in total. The Bertz CT molecular complexity index is 403.